The fourth-order valence-corrected chi connectivity index (χ4v) is 2.76. The highest BCUT2D eigenvalue weighted by Gasteiger charge is 2.31. The second-order valence-electron chi connectivity index (χ2n) is 5.92. The first kappa shape index (κ1) is 12.9. The fourth-order valence-electron chi connectivity index (χ4n) is 2.76. The Morgan fingerprint density at radius 3 is 2.89 bits per heavy atom. The van der Waals surface area contributed by atoms with Crippen molar-refractivity contribution < 1.29 is 14.2 Å². The fraction of sp³-hybridized carbons (Fsp3) is 0.600. The molecule has 0 spiro atoms. The van der Waals surface area contributed by atoms with Crippen LogP contribution >= 0.6 is 0 Å². The number of rotatable bonds is 2. The number of ether oxygens (including phenoxy) is 3. The lowest BCUT2D eigenvalue weighted by molar-refractivity contribution is -0.0975. The number of hydrogen-bond donors (Lipinski definition) is 1. The summed E-state index contributed by atoms with van der Waals surface area (Å²) in [5, 5.41) is 0. The van der Waals surface area contributed by atoms with Gasteiger partial charge >= 0.3 is 0 Å². The van der Waals surface area contributed by atoms with E-state index in [0.29, 0.717) is 19.8 Å². The molecule has 2 unspecified atom stereocenters. The van der Waals surface area contributed by atoms with Crippen molar-refractivity contribution in [3.63, 3.8) is 0 Å². The van der Waals surface area contributed by atoms with Gasteiger partial charge in [-0.2, -0.15) is 0 Å². The van der Waals surface area contributed by atoms with Gasteiger partial charge in [-0.3, -0.25) is 0 Å². The third kappa shape index (κ3) is 2.61. The van der Waals surface area contributed by atoms with Crippen LogP contribution in [0.4, 0.5) is 0 Å². The van der Waals surface area contributed by atoms with E-state index in [9.17, 15) is 0 Å². The molecule has 2 aliphatic rings. The van der Waals surface area contributed by atoms with Crippen LogP contribution in [0.5, 0.6) is 5.75 Å². The van der Waals surface area contributed by atoms with E-state index < -0.39 is 0 Å². The van der Waals surface area contributed by atoms with Crippen LogP contribution in [0.15, 0.2) is 18.2 Å². The molecule has 1 aromatic carbocycles. The van der Waals surface area contributed by atoms with Gasteiger partial charge in [0.05, 0.1) is 25.9 Å². The van der Waals surface area contributed by atoms with E-state index >= 15 is 0 Å². The lowest BCUT2D eigenvalue weighted by Gasteiger charge is -2.28. The second kappa shape index (κ2) is 4.78. The lowest BCUT2D eigenvalue weighted by Crippen LogP contribution is -2.37. The normalized spacial score (nSPS) is 26.6. The predicted octanol–water partition coefficient (Wildman–Crippen LogP) is 1.82. The standard InChI is InChI=1S/C15H21NO3/c1-15(2)8-11-7-10(3-4-12(11)19-15)14(16)13-9-17-5-6-18-13/h3-4,7,13-14H,5-6,8-9,16H2,1-2H3. The van der Waals surface area contributed by atoms with E-state index in [1.165, 1.54) is 5.56 Å². The molecule has 0 bridgehead atoms. The smallest absolute Gasteiger partial charge is 0.123 e. The molecule has 0 radical (unpaired) electrons. The van der Waals surface area contributed by atoms with Crippen molar-refractivity contribution >= 4 is 0 Å². The summed E-state index contributed by atoms with van der Waals surface area (Å²) in [7, 11) is 0. The van der Waals surface area contributed by atoms with Crippen LogP contribution < -0.4 is 10.5 Å². The van der Waals surface area contributed by atoms with E-state index in [2.05, 4.69) is 19.9 Å². The van der Waals surface area contributed by atoms with Crippen molar-refractivity contribution in [3.8, 4) is 5.75 Å². The highest BCUT2D eigenvalue weighted by atomic mass is 16.6. The summed E-state index contributed by atoms with van der Waals surface area (Å²) >= 11 is 0. The van der Waals surface area contributed by atoms with E-state index in [0.717, 1.165) is 17.7 Å². The maximum atomic E-state index is 6.29. The monoisotopic (exact) mass is 263 g/mol. The molecule has 0 aliphatic carbocycles. The third-order valence-corrected chi connectivity index (χ3v) is 3.71. The molecule has 4 nitrogen and oxygen atoms in total. The van der Waals surface area contributed by atoms with E-state index in [1.54, 1.807) is 0 Å². The molecule has 19 heavy (non-hydrogen) atoms. The Morgan fingerprint density at radius 1 is 1.32 bits per heavy atom. The van der Waals surface area contributed by atoms with E-state index in [1.807, 2.05) is 12.1 Å². The van der Waals surface area contributed by atoms with Gasteiger partial charge in [-0.1, -0.05) is 12.1 Å². The maximum absolute atomic E-state index is 6.29. The Balaban J connectivity index is 1.79. The third-order valence-electron chi connectivity index (χ3n) is 3.71. The van der Waals surface area contributed by atoms with Gasteiger partial charge in [0.2, 0.25) is 0 Å². The molecule has 104 valence electrons. The van der Waals surface area contributed by atoms with Crippen LogP contribution in [0.3, 0.4) is 0 Å². The first-order valence-electron chi connectivity index (χ1n) is 6.82. The quantitative estimate of drug-likeness (QED) is 0.884. The molecule has 0 saturated carbocycles. The number of benzene rings is 1. The average Bonchev–Trinajstić information content (AvgIpc) is 2.71. The molecule has 2 atom stereocenters. The Bertz CT molecular complexity index is 466. The summed E-state index contributed by atoms with van der Waals surface area (Å²) in [6.07, 6.45) is 0.868. The minimum Gasteiger partial charge on any atom is -0.487 e. The van der Waals surface area contributed by atoms with Crippen molar-refractivity contribution in [1.82, 2.24) is 0 Å². The maximum Gasteiger partial charge on any atom is 0.123 e. The first-order valence-corrected chi connectivity index (χ1v) is 6.82. The number of nitrogens with two attached hydrogens (primary N) is 1. The van der Waals surface area contributed by atoms with Crippen LogP contribution in [0.25, 0.3) is 0 Å². The Labute approximate surface area is 113 Å². The second-order valence-corrected chi connectivity index (χ2v) is 5.92. The highest BCUT2D eigenvalue weighted by Crippen LogP contribution is 2.36. The Hall–Kier alpha value is -1.10. The zero-order chi connectivity index (χ0) is 13.5. The van der Waals surface area contributed by atoms with Gasteiger partial charge in [0, 0.05) is 6.42 Å². The van der Waals surface area contributed by atoms with Crippen LogP contribution in [-0.2, 0) is 15.9 Å². The molecule has 0 amide bonds. The van der Waals surface area contributed by atoms with Crippen LogP contribution in [0.1, 0.15) is 31.0 Å². The average molecular weight is 263 g/mol. The van der Waals surface area contributed by atoms with Crippen molar-refractivity contribution in [3.05, 3.63) is 29.3 Å². The number of hydrogen-bond acceptors (Lipinski definition) is 4. The summed E-state index contributed by atoms with van der Waals surface area (Å²) in [6, 6.07) is 6.05. The van der Waals surface area contributed by atoms with Crippen molar-refractivity contribution in [2.45, 2.75) is 38.0 Å². The molecule has 1 saturated heterocycles. The van der Waals surface area contributed by atoms with Crippen LogP contribution in [-0.4, -0.2) is 31.5 Å². The molecule has 3 rings (SSSR count). The molecular weight excluding hydrogens is 242 g/mol. The minimum atomic E-state index is -0.144. The first-order chi connectivity index (χ1) is 9.05. The zero-order valence-corrected chi connectivity index (χ0v) is 11.5. The minimum absolute atomic E-state index is 0.0536. The Morgan fingerprint density at radius 2 is 2.16 bits per heavy atom. The van der Waals surface area contributed by atoms with Gasteiger partial charge in [-0.15, -0.1) is 0 Å². The van der Waals surface area contributed by atoms with Crippen molar-refractivity contribution in [2.75, 3.05) is 19.8 Å². The SMILES string of the molecule is CC1(C)Cc2cc(C(N)C3COCCO3)ccc2O1. The zero-order valence-electron chi connectivity index (χ0n) is 11.5. The molecule has 2 heterocycles. The Kier molecular flexibility index (Phi) is 3.25. The van der Waals surface area contributed by atoms with Gasteiger partial charge in [0.1, 0.15) is 17.5 Å². The molecule has 4 heteroatoms. The molecular formula is C15H21NO3. The lowest BCUT2D eigenvalue weighted by atomic mass is 9.96. The predicted molar refractivity (Wildman–Crippen MR) is 72.3 cm³/mol. The van der Waals surface area contributed by atoms with Crippen LogP contribution in [0.2, 0.25) is 0 Å². The largest absolute Gasteiger partial charge is 0.487 e. The van der Waals surface area contributed by atoms with E-state index in [4.69, 9.17) is 19.9 Å². The highest BCUT2D eigenvalue weighted by molar-refractivity contribution is 5.42. The van der Waals surface area contributed by atoms with Gasteiger partial charge in [-0.25, -0.2) is 0 Å². The molecule has 1 fully saturated rings. The summed E-state index contributed by atoms with van der Waals surface area (Å²) in [6.45, 7) is 6.06. The molecule has 2 aliphatic heterocycles. The van der Waals surface area contributed by atoms with Gasteiger partial charge in [0.15, 0.2) is 0 Å². The van der Waals surface area contributed by atoms with Crippen molar-refractivity contribution in [2.24, 2.45) is 5.73 Å². The van der Waals surface area contributed by atoms with Crippen LogP contribution in [0, 0.1) is 0 Å². The van der Waals surface area contributed by atoms with E-state index in [-0.39, 0.29) is 17.7 Å². The summed E-state index contributed by atoms with van der Waals surface area (Å²) < 4.78 is 17.0. The number of fused-ring (bicyclic) bond motifs is 1. The molecule has 1 aromatic rings. The van der Waals surface area contributed by atoms with Crippen molar-refractivity contribution in [1.29, 1.82) is 0 Å². The topological polar surface area (TPSA) is 53.7 Å². The van der Waals surface area contributed by atoms with Gasteiger partial charge < -0.3 is 19.9 Å². The molecule has 2 N–H and O–H groups in total. The van der Waals surface area contributed by atoms with Gasteiger partial charge in [-0.05, 0) is 31.0 Å². The summed E-state index contributed by atoms with van der Waals surface area (Å²) in [5.41, 5.74) is 8.49. The summed E-state index contributed by atoms with van der Waals surface area (Å²) in [5.74, 6) is 0.974. The molecule has 0 aromatic heterocycles. The summed E-state index contributed by atoms with van der Waals surface area (Å²) in [4.78, 5) is 0. The van der Waals surface area contributed by atoms with Gasteiger partial charge in [0.25, 0.3) is 0 Å².